The predicted octanol–water partition coefficient (Wildman–Crippen LogP) is 4.57. The Balaban J connectivity index is 2.22. The van der Waals surface area contributed by atoms with Gasteiger partial charge in [0.1, 0.15) is 0 Å². The van der Waals surface area contributed by atoms with E-state index in [1.54, 1.807) is 17.4 Å². The molecule has 1 aromatic heterocycles. The number of rotatable bonds is 3. The number of ketones is 1. The molecule has 0 atom stereocenters. The summed E-state index contributed by atoms with van der Waals surface area (Å²) in [5.41, 5.74) is 4.21. The van der Waals surface area contributed by atoms with Crippen molar-refractivity contribution in [3.05, 3.63) is 62.9 Å². The molecule has 0 saturated carbocycles. The molecule has 0 saturated heterocycles. The van der Waals surface area contributed by atoms with Crippen molar-refractivity contribution >= 4 is 23.2 Å². The molecule has 2 rings (SSSR count). The highest BCUT2D eigenvalue weighted by atomic mass is 32.1. The lowest BCUT2D eigenvalue weighted by atomic mass is 10.0. The molecule has 0 radical (unpaired) electrons. The Morgan fingerprint density at radius 1 is 1.11 bits per heavy atom. The molecule has 0 N–H and O–H groups in total. The number of allylic oxidation sites excluding steroid dienone is 1. The summed E-state index contributed by atoms with van der Waals surface area (Å²) in [6, 6.07) is 7.98. The average Bonchev–Trinajstić information content (AvgIpc) is 2.72. The first kappa shape index (κ1) is 12.8. The number of carbonyl (C=O) groups is 1. The van der Waals surface area contributed by atoms with Crippen LogP contribution >= 0.6 is 11.3 Å². The van der Waals surface area contributed by atoms with Crippen molar-refractivity contribution in [2.75, 3.05) is 0 Å². The fourth-order valence-electron chi connectivity index (χ4n) is 1.89. The van der Waals surface area contributed by atoms with E-state index in [9.17, 15) is 4.79 Å². The zero-order valence-corrected chi connectivity index (χ0v) is 11.7. The third-order valence-electron chi connectivity index (χ3n) is 2.94. The van der Waals surface area contributed by atoms with Crippen LogP contribution in [0.2, 0.25) is 0 Å². The van der Waals surface area contributed by atoms with Gasteiger partial charge in [-0.1, -0.05) is 23.8 Å². The SMILES string of the molecule is Cc1ccc(C(=O)/C=C/c2sccc2C)c(C)c1. The molecule has 1 heterocycles. The van der Waals surface area contributed by atoms with E-state index >= 15 is 0 Å². The van der Waals surface area contributed by atoms with Crippen molar-refractivity contribution in [1.82, 2.24) is 0 Å². The molecule has 92 valence electrons. The first-order chi connectivity index (χ1) is 8.58. The summed E-state index contributed by atoms with van der Waals surface area (Å²) in [6.07, 6.45) is 3.57. The number of carbonyl (C=O) groups excluding carboxylic acids is 1. The van der Waals surface area contributed by atoms with Gasteiger partial charge in [-0.25, -0.2) is 0 Å². The zero-order chi connectivity index (χ0) is 13.1. The minimum absolute atomic E-state index is 0.0697. The maximum atomic E-state index is 12.1. The molecule has 1 nitrogen and oxygen atoms in total. The van der Waals surface area contributed by atoms with Crippen LogP contribution in [0, 0.1) is 20.8 Å². The summed E-state index contributed by atoms with van der Waals surface area (Å²) in [7, 11) is 0. The van der Waals surface area contributed by atoms with Crippen molar-refractivity contribution in [1.29, 1.82) is 0 Å². The van der Waals surface area contributed by atoms with E-state index in [-0.39, 0.29) is 5.78 Å². The monoisotopic (exact) mass is 256 g/mol. The Morgan fingerprint density at radius 3 is 2.50 bits per heavy atom. The standard InChI is InChI=1S/C16H16OS/c1-11-4-5-14(13(3)10-11)15(17)6-7-16-12(2)8-9-18-16/h4-10H,1-3H3/b7-6+. The second-order valence-electron chi connectivity index (χ2n) is 4.48. The molecule has 1 aromatic carbocycles. The molecular weight excluding hydrogens is 240 g/mol. The molecule has 2 heteroatoms. The molecule has 2 aromatic rings. The summed E-state index contributed by atoms with van der Waals surface area (Å²) in [5, 5.41) is 2.04. The van der Waals surface area contributed by atoms with E-state index in [0.29, 0.717) is 0 Å². The Hall–Kier alpha value is -1.67. The van der Waals surface area contributed by atoms with Gasteiger partial charge in [-0.2, -0.15) is 0 Å². The maximum absolute atomic E-state index is 12.1. The minimum atomic E-state index is 0.0697. The van der Waals surface area contributed by atoms with Gasteiger partial charge in [-0.15, -0.1) is 11.3 Å². The lowest BCUT2D eigenvalue weighted by Crippen LogP contribution is -1.97. The van der Waals surface area contributed by atoms with Crippen LogP contribution in [0.5, 0.6) is 0 Å². The second-order valence-corrected chi connectivity index (χ2v) is 5.43. The molecule has 0 aliphatic rings. The largest absolute Gasteiger partial charge is 0.289 e. The summed E-state index contributed by atoms with van der Waals surface area (Å²) in [6.45, 7) is 6.06. The Bertz CT molecular complexity index is 605. The van der Waals surface area contributed by atoms with Gasteiger partial charge in [0, 0.05) is 10.4 Å². The van der Waals surface area contributed by atoms with Crippen LogP contribution < -0.4 is 0 Å². The number of thiophene rings is 1. The van der Waals surface area contributed by atoms with Crippen LogP contribution in [0.15, 0.2) is 35.7 Å². The molecule has 0 unspecified atom stereocenters. The maximum Gasteiger partial charge on any atom is 0.186 e. The molecule has 0 aliphatic carbocycles. The highest BCUT2D eigenvalue weighted by Crippen LogP contribution is 2.18. The van der Waals surface area contributed by atoms with Crippen LogP contribution in [0.1, 0.15) is 31.9 Å². The van der Waals surface area contributed by atoms with Gasteiger partial charge in [0.05, 0.1) is 0 Å². The molecule has 0 amide bonds. The van der Waals surface area contributed by atoms with Crippen LogP contribution in [0.3, 0.4) is 0 Å². The topological polar surface area (TPSA) is 17.1 Å². The van der Waals surface area contributed by atoms with Crippen LogP contribution in [0.4, 0.5) is 0 Å². The summed E-state index contributed by atoms with van der Waals surface area (Å²) >= 11 is 1.65. The lowest BCUT2D eigenvalue weighted by Gasteiger charge is -2.02. The van der Waals surface area contributed by atoms with Crippen molar-refractivity contribution in [3.8, 4) is 0 Å². The third kappa shape index (κ3) is 2.77. The van der Waals surface area contributed by atoms with Crippen LogP contribution in [-0.4, -0.2) is 5.78 Å². The quantitative estimate of drug-likeness (QED) is 0.580. The van der Waals surface area contributed by atoms with E-state index < -0.39 is 0 Å². The fourth-order valence-corrected chi connectivity index (χ4v) is 2.71. The fraction of sp³-hybridized carbons (Fsp3) is 0.188. The Morgan fingerprint density at radius 2 is 1.89 bits per heavy atom. The van der Waals surface area contributed by atoms with Gasteiger partial charge >= 0.3 is 0 Å². The van der Waals surface area contributed by atoms with Gasteiger partial charge in [0.25, 0.3) is 0 Å². The predicted molar refractivity (Wildman–Crippen MR) is 78.3 cm³/mol. The zero-order valence-electron chi connectivity index (χ0n) is 10.9. The summed E-state index contributed by atoms with van der Waals surface area (Å²) in [4.78, 5) is 13.2. The number of hydrogen-bond acceptors (Lipinski definition) is 2. The summed E-state index contributed by atoms with van der Waals surface area (Å²) in [5.74, 6) is 0.0697. The first-order valence-electron chi connectivity index (χ1n) is 5.91. The van der Waals surface area contributed by atoms with Crippen molar-refractivity contribution in [2.24, 2.45) is 0 Å². The van der Waals surface area contributed by atoms with E-state index in [4.69, 9.17) is 0 Å². The van der Waals surface area contributed by atoms with Crippen molar-refractivity contribution in [3.63, 3.8) is 0 Å². The smallest absolute Gasteiger partial charge is 0.186 e. The van der Waals surface area contributed by atoms with Crippen LogP contribution in [0.25, 0.3) is 6.08 Å². The average molecular weight is 256 g/mol. The van der Waals surface area contributed by atoms with Gasteiger partial charge in [-0.3, -0.25) is 4.79 Å². The minimum Gasteiger partial charge on any atom is -0.289 e. The van der Waals surface area contributed by atoms with E-state index in [1.807, 2.05) is 43.5 Å². The molecule has 0 aliphatic heterocycles. The first-order valence-corrected chi connectivity index (χ1v) is 6.79. The Kier molecular flexibility index (Phi) is 3.78. The molecule has 0 spiro atoms. The highest BCUT2D eigenvalue weighted by Gasteiger charge is 2.05. The van der Waals surface area contributed by atoms with Gasteiger partial charge in [0.15, 0.2) is 5.78 Å². The van der Waals surface area contributed by atoms with E-state index in [2.05, 4.69) is 13.0 Å². The number of aryl methyl sites for hydroxylation is 3. The second kappa shape index (κ2) is 5.32. The molecule has 18 heavy (non-hydrogen) atoms. The van der Waals surface area contributed by atoms with Crippen LogP contribution in [-0.2, 0) is 0 Å². The Labute approximate surface area is 112 Å². The molecular formula is C16H16OS. The lowest BCUT2D eigenvalue weighted by molar-refractivity contribution is 0.104. The normalized spacial score (nSPS) is 11.1. The molecule has 0 fully saturated rings. The molecule has 0 bridgehead atoms. The van der Waals surface area contributed by atoms with E-state index in [1.165, 1.54) is 11.1 Å². The highest BCUT2D eigenvalue weighted by molar-refractivity contribution is 7.11. The van der Waals surface area contributed by atoms with Gasteiger partial charge in [0.2, 0.25) is 0 Å². The van der Waals surface area contributed by atoms with Crippen molar-refractivity contribution in [2.45, 2.75) is 20.8 Å². The van der Waals surface area contributed by atoms with E-state index in [0.717, 1.165) is 16.0 Å². The van der Waals surface area contributed by atoms with Gasteiger partial charge < -0.3 is 0 Å². The van der Waals surface area contributed by atoms with Crippen molar-refractivity contribution < 1.29 is 4.79 Å². The number of hydrogen-bond donors (Lipinski definition) is 0. The number of benzene rings is 1. The van der Waals surface area contributed by atoms with Gasteiger partial charge in [-0.05, 0) is 55.5 Å². The third-order valence-corrected chi connectivity index (χ3v) is 3.92. The summed E-state index contributed by atoms with van der Waals surface area (Å²) < 4.78 is 0.